The molecule has 4 heterocycles. The second-order valence-corrected chi connectivity index (χ2v) is 10.3. The molecule has 3 fully saturated rings. The van der Waals surface area contributed by atoms with Gasteiger partial charge in [0.2, 0.25) is 11.8 Å². The van der Waals surface area contributed by atoms with Crippen molar-refractivity contribution in [1.82, 2.24) is 29.2 Å². The van der Waals surface area contributed by atoms with Crippen molar-refractivity contribution < 1.29 is 9.59 Å². The Labute approximate surface area is 205 Å². The molecule has 35 heavy (non-hydrogen) atoms. The number of imide groups is 1. The van der Waals surface area contributed by atoms with E-state index in [1.54, 1.807) is 11.6 Å². The highest BCUT2D eigenvalue weighted by molar-refractivity contribution is 6.00. The number of likely N-dealkylation sites (tertiary alicyclic amines) is 1. The molecule has 3 N–H and O–H groups in total. The van der Waals surface area contributed by atoms with Gasteiger partial charge in [-0.25, -0.2) is 4.79 Å². The predicted octanol–water partition coefficient (Wildman–Crippen LogP) is -0.142. The number of amides is 2. The topological polar surface area (TPSA) is 109 Å². The van der Waals surface area contributed by atoms with Crippen LogP contribution in [0.2, 0.25) is 0 Å². The lowest BCUT2D eigenvalue weighted by Gasteiger charge is -2.37. The van der Waals surface area contributed by atoms with Gasteiger partial charge in [0.25, 0.3) is 0 Å². The molecule has 0 spiro atoms. The highest BCUT2D eigenvalue weighted by Crippen LogP contribution is 2.24. The number of piperazine rings is 1. The Morgan fingerprint density at radius 1 is 0.886 bits per heavy atom. The van der Waals surface area contributed by atoms with E-state index < -0.39 is 11.9 Å². The van der Waals surface area contributed by atoms with Gasteiger partial charge in [-0.15, -0.1) is 0 Å². The zero-order valence-corrected chi connectivity index (χ0v) is 20.6. The van der Waals surface area contributed by atoms with Crippen LogP contribution in [0, 0.1) is 0 Å². The van der Waals surface area contributed by atoms with Crippen molar-refractivity contribution in [3.63, 3.8) is 0 Å². The first kappa shape index (κ1) is 24.2. The van der Waals surface area contributed by atoms with E-state index in [2.05, 4.69) is 32.1 Å². The summed E-state index contributed by atoms with van der Waals surface area (Å²) < 4.78 is 3.14. The summed E-state index contributed by atoms with van der Waals surface area (Å²) in [5.41, 5.74) is 8.50. The second-order valence-electron chi connectivity index (χ2n) is 10.3. The van der Waals surface area contributed by atoms with E-state index in [1.807, 2.05) is 6.07 Å². The van der Waals surface area contributed by atoms with Gasteiger partial charge in [0, 0.05) is 65.3 Å². The van der Waals surface area contributed by atoms with Gasteiger partial charge in [-0.2, -0.15) is 0 Å². The van der Waals surface area contributed by atoms with Gasteiger partial charge >= 0.3 is 5.69 Å². The Balaban J connectivity index is 1.19. The fraction of sp³-hybridized carbons (Fsp3) is 0.640. The van der Waals surface area contributed by atoms with Crippen molar-refractivity contribution in [2.45, 2.75) is 44.3 Å². The Morgan fingerprint density at radius 2 is 1.54 bits per heavy atom. The first-order chi connectivity index (χ1) is 16.9. The number of nitrogens with two attached hydrogens (primary N) is 1. The van der Waals surface area contributed by atoms with Gasteiger partial charge in [0.1, 0.15) is 6.04 Å². The van der Waals surface area contributed by atoms with Crippen LogP contribution < -0.4 is 16.7 Å². The van der Waals surface area contributed by atoms with Crippen LogP contribution in [-0.4, -0.2) is 94.0 Å². The summed E-state index contributed by atoms with van der Waals surface area (Å²) in [6.07, 6.45) is 2.82. The molecule has 3 saturated heterocycles. The number of fused-ring (bicyclic) bond motifs is 1. The van der Waals surface area contributed by atoms with Gasteiger partial charge in [-0.05, 0) is 50.0 Å². The number of nitrogens with one attached hydrogen (secondary N) is 1. The number of hydrogen-bond acceptors (Lipinski definition) is 7. The third kappa shape index (κ3) is 5.20. The number of benzene rings is 1. The number of hydrogen-bond donors (Lipinski definition) is 2. The summed E-state index contributed by atoms with van der Waals surface area (Å²) in [6, 6.07) is 5.79. The molecule has 1 atom stereocenters. The number of carbonyl (C=O) groups excluding carboxylic acids is 2. The van der Waals surface area contributed by atoms with Crippen molar-refractivity contribution in [2.24, 2.45) is 12.8 Å². The average Bonchev–Trinajstić information content (AvgIpc) is 3.09. The lowest BCUT2D eigenvalue weighted by molar-refractivity contribution is -0.135. The van der Waals surface area contributed by atoms with Gasteiger partial charge in [0.05, 0.1) is 11.0 Å². The van der Waals surface area contributed by atoms with Crippen molar-refractivity contribution in [3.8, 4) is 0 Å². The van der Waals surface area contributed by atoms with Crippen LogP contribution in [0.15, 0.2) is 23.0 Å². The summed E-state index contributed by atoms with van der Waals surface area (Å²) in [7, 11) is 1.74. The van der Waals surface area contributed by atoms with Crippen LogP contribution in [0.1, 0.15) is 37.3 Å². The molecule has 190 valence electrons. The number of aryl methyl sites for hydroxylation is 1. The predicted molar refractivity (Wildman–Crippen MR) is 134 cm³/mol. The molecule has 1 aromatic heterocycles. The SMILES string of the molecule is Cn1c(=O)n(C2CCC(=O)NC2=O)c2ccc(CN3CCN(CCN4CCC(N)CC4)CC3)cc21. The second kappa shape index (κ2) is 10.2. The molecule has 10 nitrogen and oxygen atoms in total. The van der Waals surface area contributed by atoms with E-state index in [-0.39, 0.29) is 18.0 Å². The number of rotatable bonds is 6. The van der Waals surface area contributed by atoms with Crippen LogP contribution in [0.3, 0.4) is 0 Å². The molecule has 0 saturated carbocycles. The van der Waals surface area contributed by atoms with Crippen molar-refractivity contribution in [1.29, 1.82) is 0 Å². The Hall–Kier alpha value is -2.53. The van der Waals surface area contributed by atoms with Crippen LogP contribution in [0.25, 0.3) is 11.0 Å². The number of piperidine rings is 2. The number of aromatic nitrogens is 2. The smallest absolute Gasteiger partial charge is 0.328 e. The largest absolute Gasteiger partial charge is 0.329 e. The van der Waals surface area contributed by atoms with Crippen LogP contribution in [0.5, 0.6) is 0 Å². The van der Waals surface area contributed by atoms with Gasteiger partial charge < -0.3 is 10.6 Å². The number of carbonyl (C=O) groups is 2. The molecular formula is C25H37N7O3. The first-order valence-corrected chi connectivity index (χ1v) is 12.9. The zero-order chi connectivity index (χ0) is 24.5. The molecule has 0 aliphatic carbocycles. The molecule has 3 aliphatic rings. The van der Waals surface area contributed by atoms with E-state index >= 15 is 0 Å². The molecule has 1 aromatic carbocycles. The molecule has 0 bridgehead atoms. The third-order valence-corrected chi connectivity index (χ3v) is 7.91. The highest BCUT2D eigenvalue weighted by Gasteiger charge is 2.31. The van der Waals surface area contributed by atoms with Gasteiger partial charge in [0.15, 0.2) is 0 Å². The normalized spacial score (nSPS) is 23.8. The molecule has 5 rings (SSSR count). The quantitative estimate of drug-likeness (QED) is 0.551. The minimum Gasteiger partial charge on any atom is -0.328 e. The van der Waals surface area contributed by atoms with E-state index in [0.717, 1.165) is 88.3 Å². The molecule has 1 unspecified atom stereocenters. The molecule has 10 heteroatoms. The monoisotopic (exact) mass is 483 g/mol. The van der Waals surface area contributed by atoms with E-state index in [9.17, 15) is 14.4 Å². The summed E-state index contributed by atoms with van der Waals surface area (Å²) in [5.74, 6) is -0.681. The third-order valence-electron chi connectivity index (χ3n) is 7.91. The summed E-state index contributed by atoms with van der Waals surface area (Å²) >= 11 is 0. The molecule has 3 aliphatic heterocycles. The Kier molecular flexibility index (Phi) is 7.06. The molecule has 2 amide bonds. The zero-order valence-electron chi connectivity index (χ0n) is 20.6. The fourth-order valence-corrected chi connectivity index (χ4v) is 5.63. The van der Waals surface area contributed by atoms with Crippen LogP contribution in [-0.2, 0) is 23.2 Å². The summed E-state index contributed by atoms with van der Waals surface area (Å²) in [4.78, 5) is 44.5. The maximum atomic E-state index is 13.0. The molecule has 0 radical (unpaired) electrons. The van der Waals surface area contributed by atoms with E-state index in [0.29, 0.717) is 12.5 Å². The molecule has 2 aromatic rings. The molecular weight excluding hydrogens is 446 g/mol. The first-order valence-electron chi connectivity index (χ1n) is 12.9. The van der Waals surface area contributed by atoms with Crippen molar-refractivity contribution >= 4 is 22.8 Å². The van der Waals surface area contributed by atoms with E-state index in [1.165, 1.54) is 4.57 Å². The average molecular weight is 484 g/mol. The van der Waals surface area contributed by atoms with Crippen LogP contribution in [0.4, 0.5) is 0 Å². The standard InChI is InChI=1S/C25H37N7O3/c1-28-22-16-18(2-3-20(22)32(25(28)35)21-4-5-23(33)27-24(21)34)17-31-14-12-30(13-15-31)11-10-29-8-6-19(26)7-9-29/h2-3,16,19,21H,4-15,17,26H2,1H3,(H,27,33,34). The minimum atomic E-state index is -0.649. The van der Waals surface area contributed by atoms with Crippen molar-refractivity contribution in [2.75, 3.05) is 52.4 Å². The Bertz CT molecular complexity index is 1140. The van der Waals surface area contributed by atoms with E-state index in [4.69, 9.17) is 5.73 Å². The highest BCUT2D eigenvalue weighted by atomic mass is 16.2. The lowest BCUT2D eigenvalue weighted by Crippen LogP contribution is -2.49. The minimum absolute atomic E-state index is 0.226. The maximum absolute atomic E-state index is 13.0. The Morgan fingerprint density at radius 3 is 2.23 bits per heavy atom. The fourth-order valence-electron chi connectivity index (χ4n) is 5.63. The van der Waals surface area contributed by atoms with Gasteiger partial charge in [-0.1, -0.05) is 6.07 Å². The maximum Gasteiger partial charge on any atom is 0.329 e. The number of imidazole rings is 1. The number of nitrogens with zero attached hydrogens (tertiary/aromatic N) is 5. The van der Waals surface area contributed by atoms with Crippen molar-refractivity contribution in [3.05, 3.63) is 34.2 Å². The summed E-state index contributed by atoms with van der Waals surface area (Å²) in [5, 5.41) is 2.36. The van der Waals surface area contributed by atoms with Crippen LogP contribution >= 0.6 is 0 Å². The summed E-state index contributed by atoms with van der Waals surface area (Å²) in [6.45, 7) is 9.52. The van der Waals surface area contributed by atoms with Gasteiger partial charge in [-0.3, -0.25) is 33.8 Å². The lowest BCUT2D eigenvalue weighted by atomic mass is 10.1.